The number of rotatable bonds is 11. The van der Waals surface area contributed by atoms with Crippen LogP contribution in [-0.2, 0) is 11.3 Å². The fourth-order valence-corrected chi connectivity index (χ4v) is 3.30. The van der Waals surface area contributed by atoms with Crippen LogP contribution in [0.3, 0.4) is 0 Å². The topological polar surface area (TPSA) is 54.4 Å². The van der Waals surface area contributed by atoms with Crippen LogP contribution >= 0.6 is 0 Å². The summed E-state index contributed by atoms with van der Waals surface area (Å²) in [5.74, 6) is 1.48. The smallest absolute Gasteiger partial charge is 0.161 e. The summed E-state index contributed by atoms with van der Waals surface area (Å²) in [5.41, 5.74) is 1.16. The molecule has 1 aromatic carbocycles. The van der Waals surface area contributed by atoms with Crippen molar-refractivity contribution in [2.75, 3.05) is 60.2 Å². The van der Waals surface area contributed by atoms with E-state index in [9.17, 15) is 5.11 Å². The molecule has 0 spiro atoms. The summed E-state index contributed by atoms with van der Waals surface area (Å²) in [4.78, 5) is 4.76. The van der Waals surface area contributed by atoms with Gasteiger partial charge in [-0.3, -0.25) is 9.80 Å². The summed E-state index contributed by atoms with van der Waals surface area (Å²) < 4.78 is 16.2. The van der Waals surface area contributed by atoms with E-state index in [0.29, 0.717) is 6.54 Å². The fraction of sp³-hybridized carbons (Fsp3) is 0.700. The van der Waals surface area contributed by atoms with Crippen LogP contribution in [0.2, 0.25) is 0 Å². The molecule has 2 rings (SSSR count). The lowest BCUT2D eigenvalue weighted by molar-refractivity contribution is 0.0287. The summed E-state index contributed by atoms with van der Waals surface area (Å²) in [6.45, 7) is 9.10. The molecule has 26 heavy (non-hydrogen) atoms. The predicted molar refractivity (Wildman–Crippen MR) is 103 cm³/mol. The van der Waals surface area contributed by atoms with Crippen LogP contribution in [0.15, 0.2) is 18.2 Å². The molecule has 6 nitrogen and oxygen atoms in total. The first-order valence-corrected chi connectivity index (χ1v) is 9.57. The van der Waals surface area contributed by atoms with E-state index in [0.717, 1.165) is 75.8 Å². The van der Waals surface area contributed by atoms with Crippen molar-refractivity contribution in [3.63, 3.8) is 0 Å². The largest absolute Gasteiger partial charge is 0.493 e. The molecule has 0 bridgehead atoms. The molecule has 1 fully saturated rings. The first-order chi connectivity index (χ1) is 12.7. The van der Waals surface area contributed by atoms with E-state index >= 15 is 0 Å². The lowest BCUT2D eigenvalue weighted by Gasteiger charge is -2.31. The molecule has 0 amide bonds. The maximum absolute atomic E-state index is 10.3. The van der Waals surface area contributed by atoms with Crippen molar-refractivity contribution in [3.8, 4) is 11.5 Å². The number of hydrogen-bond acceptors (Lipinski definition) is 6. The molecule has 0 radical (unpaired) electrons. The van der Waals surface area contributed by atoms with Gasteiger partial charge in [0, 0.05) is 39.3 Å². The van der Waals surface area contributed by atoms with Gasteiger partial charge in [-0.1, -0.05) is 19.4 Å². The normalized spacial score (nSPS) is 16.7. The summed E-state index contributed by atoms with van der Waals surface area (Å²) in [7, 11) is 3.30. The third-order valence-corrected chi connectivity index (χ3v) is 4.78. The highest BCUT2D eigenvalue weighted by molar-refractivity contribution is 5.42. The summed E-state index contributed by atoms with van der Waals surface area (Å²) in [6, 6.07) is 6.03. The van der Waals surface area contributed by atoms with Gasteiger partial charge in [0.15, 0.2) is 11.5 Å². The van der Waals surface area contributed by atoms with Crippen LogP contribution in [0, 0.1) is 0 Å². The maximum atomic E-state index is 10.3. The van der Waals surface area contributed by atoms with Gasteiger partial charge in [-0.2, -0.15) is 0 Å². The van der Waals surface area contributed by atoms with Crippen molar-refractivity contribution in [2.24, 2.45) is 0 Å². The number of morpholine rings is 1. The molecule has 1 aliphatic rings. The number of nitrogens with zero attached hydrogens (tertiary/aromatic N) is 2. The summed E-state index contributed by atoms with van der Waals surface area (Å²) in [6.07, 6.45) is 1.54. The lowest BCUT2D eigenvalue weighted by Crippen LogP contribution is -2.42. The second-order valence-corrected chi connectivity index (χ2v) is 6.82. The molecule has 1 N–H and O–H groups in total. The highest BCUT2D eigenvalue weighted by atomic mass is 16.5. The third kappa shape index (κ3) is 6.76. The summed E-state index contributed by atoms with van der Waals surface area (Å²) >= 11 is 0. The number of aliphatic hydroxyl groups is 1. The quantitative estimate of drug-likeness (QED) is 0.646. The molecule has 1 aliphatic heterocycles. The van der Waals surface area contributed by atoms with Crippen LogP contribution in [0.25, 0.3) is 0 Å². The Morgan fingerprint density at radius 2 is 1.92 bits per heavy atom. The van der Waals surface area contributed by atoms with Crippen LogP contribution in [0.4, 0.5) is 0 Å². The number of aliphatic hydroxyl groups excluding tert-OH is 1. The minimum atomic E-state index is -0.287. The van der Waals surface area contributed by atoms with E-state index in [2.05, 4.69) is 22.8 Å². The van der Waals surface area contributed by atoms with E-state index in [1.165, 1.54) is 0 Å². The maximum Gasteiger partial charge on any atom is 0.161 e. The number of benzene rings is 1. The zero-order valence-corrected chi connectivity index (χ0v) is 16.4. The van der Waals surface area contributed by atoms with E-state index in [4.69, 9.17) is 14.2 Å². The first-order valence-electron chi connectivity index (χ1n) is 9.57. The summed E-state index contributed by atoms with van der Waals surface area (Å²) in [5, 5.41) is 10.3. The molecular weight excluding hydrogens is 332 g/mol. The number of ether oxygens (including phenoxy) is 3. The molecule has 148 valence electrons. The minimum absolute atomic E-state index is 0.287. The van der Waals surface area contributed by atoms with Crippen molar-refractivity contribution in [2.45, 2.75) is 32.4 Å². The Hall–Kier alpha value is -1.34. The lowest BCUT2D eigenvalue weighted by atomic mass is 10.1. The zero-order chi connectivity index (χ0) is 18.8. The monoisotopic (exact) mass is 366 g/mol. The second kappa shape index (κ2) is 11.4. The minimum Gasteiger partial charge on any atom is -0.493 e. The Kier molecular flexibility index (Phi) is 9.18. The van der Waals surface area contributed by atoms with Crippen LogP contribution in [-0.4, -0.2) is 81.2 Å². The number of hydrogen-bond donors (Lipinski definition) is 1. The molecule has 1 atom stereocenters. The molecule has 1 heterocycles. The van der Waals surface area contributed by atoms with Crippen LogP contribution in [0.5, 0.6) is 11.5 Å². The Morgan fingerprint density at radius 3 is 2.58 bits per heavy atom. The molecule has 1 saturated heterocycles. The molecule has 6 heteroatoms. The highest BCUT2D eigenvalue weighted by Gasteiger charge is 2.16. The fourth-order valence-electron chi connectivity index (χ4n) is 3.30. The predicted octanol–water partition coefficient (Wildman–Crippen LogP) is 2.00. The second-order valence-electron chi connectivity index (χ2n) is 6.82. The standard InChI is InChI=1S/C20H34N2O4/c1-4-5-18(23)16-22(9-8-21-10-12-26-13-11-21)15-17-6-7-19(24-2)20(14-17)25-3/h6-7,14,18,23H,4-5,8-13,15-16H2,1-3H3/t18-/m0/s1. The van der Waals surface area contributed by atoms with Crippen molar-refractivity contribution in [3.05, 3.63) is 23.8 Å². The van der Waals surface area contributed by atoms with Gasteiger partial charge < -0.3 is 19.3 Å². The Balaban J connectivity index is 1.99. The van der Waals surface area contributed by atoms with Crippen molar-refractivity contribution in [1.82, 2.24) is 9.80 Å². The molecule has 0 unspecified atom stereocenters. The van der Waals surface area contributed by atoms with Crippen molar-refractivity contribution >= 4 is 0 Å². The van der Waals surface area contributed by atoms with Gasteiger partial charge in [-0.25, -0.2) is 0 Å². The molecule has 0 aromatic heterocycles. The van der Waals surface area contributed by atoms with E-state index < -0.39 is 0 Å². The van der Waals surface area contributed by atoms with Gasteiger partial charge >= 0.3 is 0 Å². The average molecular weight is 367 g/mol. The Morgan fingerprint density at radius 1 is 1.19 bits per heavy atom. The van der Waals surface area contributed by atoms with Gasteiger partial charge in [-0.05, 0) is 24.1 Å². The average Bonchev–Trinajstić information content (AvgIpc) is 2.67. The molecule has 1 aromatic rings. The molecule has 0 saturated carbocycles. The van der Waals surface area contributed by atoms with Crippen LogP contribution in [0.1, 0.15) is 25.3 Å². The first kappa shape index (κ1) is 21.0. The Bertz CT molecular complexity index is 521. The third-order valence-electron chi connectivity index (χ3n) is 4.78. The highest BCUT2D eigenvalue weighted by Crippen LogP contribution is 2.28. The van der Waals surface area contributed by atoms with E-state index in [-0.39, 0.29) is 6.10 Å². The van der Waals surface area contributed by atoms with Crippen molar-refractivity contribution < 1.29 is 19.3 Å². The van der Waals surface area contributed by atoms with Gasteiger partial charge in [0.1, 0.15) is 0 Å². The molecule has 0 aliphatic carbocycles. The SMILES string of the molecule is CCC[C@H](O)CN(CCN1CCOCC1)Cc1ccc(OC)c(OC)c1. The molecular formula is C20H34N2O4. The van der Waals surface area contributed by atoms with Gasteiger partial charge in [-0.15, -0.1) is 0 Å². The Labute approximate surface area is 157 Å². The van der Waals surface area contributed by atoms with E-state index in [1.807, 2.05) is 12.1 Å². The zero-order valence-electron chi connectivity index (χ0n) is 16.4. The van der Waals surface area contributed by atoms with Crippen LogP contribution < -0.4 is 9.47 Å². The van der Waals surface area contributed by atoms with Gasteiger partial charge in [0.25, 0.3) is 0 Å². The number of methoxy groups -OCH3 is 2. The van der Waals surface area contributed by atoms with Gasteiger partial charge in [0.2, 0.25) is 0 Å². The van der Waals surface area contributed by atoms with Crippen molar-refractivity contribution in [1.29, 1.82) is 0 Å². The van der Waals surface area contributed by atoms with E-state index in [1.54, 1.807) is 14.2 Å². The van der Waals surface area contributed by atoms with Gasteiger partial charge in [0.05, 0.1) is 33.5 Å².